The number of hydrogen-bond acceptors (Lipinski definition) is 3. The van der Waals surface area contributed by atoms with Gasteiger partial charge in [0.2, 0.25) is 5.96 Å². The third kappa shape index (κ3) is 2.96. The first-order chi connectivity index (χ1) is 7.88. The van der Waals surface area contributed by atoms with Crippen LogP contribution >= 0.6 is 0 Å². The summed E-state index contributed by atoms with van der Waals surface area (Å²) in [4.78, 5) is 11.4. The Morgan fingerprint density at radius 1 is 1.56 bits per heavy atom. The standard InChI is InChI=1S/C10H18N6/c11-16-10(15-8-3-1-2-4-8)14-7-9-12-5-6-13-9/h5-6,8H,1-4,7,11H2,(H,12,13)(H2,14,15,16). The Hall–Kier alpha value is -1.56. The van der Waals surface area contributed by atoms with Gasteiger partial charge in [0.1, 0.15) is 12.4 Å². The molecule has 0 aromatic carbocycles. The van der Waals surface area contributed by atoms with E-state index in [1.165, 1.54) is 25.7 Å². The van der Waals surface area contributed by atoms with Crippen LogP contribution in [-0.4, -0.2) is 22.0 Å². The third-order valence-electron chi connectivity index (χ3n) is 2.77. The topological polar surface area (TPSA) is 91.1 Å². The molecule has 1 heterocycles. The van der Waals surface area contributed by atoms with E-state index in [0.29, 0.717) is 18.5 Å². The first-order valence-electron chi connectivity index (χ1n) is 5.64. The lowest BCUT2D eigenvalue weighted by Crippen LogP contribution is -2.45. The predicted molar refractivity (Wildman–Crippen MR) is 62.4 cm³/mol. The van der Waals surface area contributed by atoms with Gasteiger partial charge in [0.15, 0.2) is 0 Å². The van der Waals surface area contributed by atoms with E-state index in [-0.39, 0.29) is 0 Å². The predicted octanol–water partition coefficient (Wildman–Crippen LogP) is 0.261. The van der Waals surface area contributed by atoms with Gasteiger partial charge in [-0.3, -0.25) is 5.43 Å². The third-order valence-corrected chi connectivity index (χ3v) is 2.77. The number of H-pyrrole nitrogens is 1. The van der Waals surface area contributed by atoms with Gasteiger partial charge in [-0.05, 0) is 12.8 Å². The van der Waals surface area contributed by atoms with E-state index in [9.17, 15) is 0 Å². The molecule has 1 aromatic heterocycles. The minimum absolute atomic E-state index is 0.506. The van der Waals surface area contributed by atoms with Gasteiger partial charge in [0.25, 0.3) is 0 Å². The summed E-state index contributed by atoms with van der Waals surface area (Å²) in [7, 11) is 0. The average Bonchev–Trinajstić information content (AvgIpc) is 2.97. The van der Waals surface area contributed by atoms with E-state index in [1.54, 1.807) is 12.4 Å². The minimum Gasteiger partial charge on any atom is -0.353 e. The van der Waals surface area contributed by atoms with Crippen molar-refractivity contribution >= 4 is 5.96 Å². The number of hydrazine groups is 1. The molecule has 16 heavy (non-hydrogen) atoms. The van der Waals surface area contributed by atoms with Crippen LogP contribution in [0.25, 0.3) is 0 Å². The fourth-order valence-corrected chi connectivity index (χ4v) is 1.93. The molecule has 5 N–H and O–H groups in total. The van der Waals surface area contributed by atoms with Crippen LogP contribution in [0.15, 0.2) is 17.4 Å². The first-order valence-corrected chi connectivity index (χ1v) is 5.64. The quantitative estimate of drug-likeness (QED) is 0.255. The molecule has 0 radical (unpaired) electrons. The number of nitrogens with one attached hydrogen (secondary N) is 3. The van der Waals surface area contributed by atoms with Crippen molar-refractivity contribution < 1.29 is 0 Å². The molecule has 1 saturated carbocycles. The summed E-state index contributed by atoms with van der Waals surface area (Å²) >= 11 is 0. The Balaban J connectivity index is 1.85. The summed E-state index contributed by atoms with van der Waals surface area (Å²) in [5.41, 5.74) is 2.59. The molecule has 0 saturated heterocycles. The number of nitrogens with two attached hydrogens (primary N) is 1. The summed E-state index contributed by atoms with van der Waals surface area (Å²) < 4.78 is 0. The molecule has 0 unspecified atom stereocenters. The number of aliphatic imine (C=N–C) groups is 1. The van der Waals surface area contributed by atoms with Crippen molar-refractivity contribution in [3.63, 3.8) is 0 Å². The van der Waals surface area contributed by atoms with E-state index < -0.39 is 0 Å². The van der Waals surface area contributed by atoms with Crippen LogP contribution in [0.5, 0.6) is 0 Å². The van der Waals surface area contributed by atoms with Crippen molar-refractivity contribution in [1.29, 1.82) is 0 Å². The maximum atomic E-state index is 5.42. The Labute approximate surface area is 94.7 Å². The molecule has 1 fully saturated rings. The van der Waals surface area contributed by atoms with Gasteiger partial charge in [0, 0.05) is 18.4 Å². The monoisotopic (exact) mass is 222 g/mol. The number of aromatic nitrogens is 2. The van der Waals surface area contributed by atoms with Gasteiger partial charge < -0.3 is 10.3 Å². The summed E-state index contributed by atoms with van der Waals surface area (Å²) in [6.45, 7) is 0.506. The molecule has 0 atom stereocenters. The molecule has 1 aliphatic rings. The van der Waals surface area contributed by atoms with Crippen LogP contribution in [0.3, 0.4) is 0 Å². The highest BCUT2D eigenvalue weighted by Crippen LogP contribution is 2.17. The molecular formula is C10H18N6. The highest BCUT2D eigenvalue weighted by atomic mass is 15.3. The summed E-state index contributed by atoms with van der Waals surface area (Å²) in [6.07, 6.45) is 8.46. The van der Waals surface area contributed by atoms with E-state index in [1.807, 2.05) is 0 Å². The van der Waals surface area contributed by atoms with Crippen molar-refractivity contribution in [2.45, 2.75) is 38.3 Å². The fraction of sp³-hybridized carbons (Fsp3) is 0.600. The zero-order valence-corrected chi connectivity index (χ0v) is 9.24. The molecule has 88 valence electrons. The van der Waals surface area contributed by atoms with Crippen molar-refractivity contribution in [2.75, 3.05) is 0 Å². The molecule has 0 amide bonds. The van der Waals surface area contributed by atoms with E-state index in [0.717, 1.165) is 5.82 Å². The number of imidazole rings is 1. The second kappa shape index (κ2) is 5.50. The molecule has 0 aliphatic heterocycles. The Morgan fingerprint density at radius 2 is 2.38 bits per heavy atom. The van der Waals surface area contributed by atoms with Crippen LogP contribution in [0.1, 0.15) is 31.5 Å². The molecule has 6 heteroatoms. The van der Waals surface area contributed by atoms with Crippen LogP contribution < -0.4 is 16.6 Å². The van der Waals surface area contributed by atoms with Crippen LogP contribution in [0.2, 0.25) is 0 Å². The summed E-state index contributed by atoms with van der Waals surface area (Å²) in [5.74, 6) is 6.89. The molecular weight excluding hydrogens is 204 g/mol. The van der Waals surface area contributed by atoms with Crippen molar-refractivity contribution in [1.82, 2.24) is 20.7 Å². The number of guanidine groups is 1. The maximum Gasteiger partial charge on any atom is 0.206 e. The van der Waals surface area contributed by atoms with Crippen LogP contribution in [-0.2, 0) is 6.54 Å². The first kappa shape index (κ1) is 10.9. The van der Waals surface area contributed by atoms with E-state index >= 15 is 0 Å². The lowest BCUT2D eigenvalue weighted by Gasteiger charge is -2.14. The van der Waals surface area contributed by atoms with Gasteiger partial charge >= 0.3 is 0 Å². The summed E-state index contributed by atoms with van der Waals surface area (Å²) in [5, 5.41) is 3.30. The normalized spacial score (nSPS) is 17.7. The highest BCUT2D eigenvalue weighted by molar-refractivity contribution is 5.79. The van der Waals surface area contributed by atoms with Gasteiger partial charge in [-0.15, -0.1) is 0 Å². The lowest BCUT2D eigenvalue weighted by molar-refractivity contribution is 0.613. The second-order valence-corrected chi connectivity index (χ2v) is 3.97. The molecule has 0 spiro atoms. The molecule has 2 rings (SSSR count). The Morgan fingerprint density at radius 3 is 3.00 bits per heavy atom. The highest BCUT2D eigenvalue weighted by Gasteiger charge is 2.15. The van der Waals surface area contributed by atoms with Crippen molar-refractivity contribution in [3.05, 3.63) is 18.2 Å². The van der Waals surface area contributed by atoms with Crippen LogP contribution in [0, 0.1) is 0 Å². The van der Waals surface area contributed by atoms with Gasteiger partial charge in [-0.2, -0.15) is 0 Å². The number of hydrogen-bond donors (Lipinski definition) is 4. The zero-order chi connectivity index (χ0) is 11.2. The number of rotatable bonds is 3. The van der Waals surface area contributed by atoms with Crippen LogP contribution in [0.4, 0.5) is 0 Å². The van der Waals surface area contributed by atoms with E-state index in [2.05, 4.69) is 25.7 Å². The Kier molecular flexibility index (Phi) is 3.76. The molecule has 0 bridgehead atoms. The molecule has 1 aliphatic carbocycles. The minimum atomic E-state index is 0.506. The van der Waals surface area contributed by atoms with Gasteiger partial charge in [0.05, 0.1) is 0 Å². The Bertz CT molecular complexity index is 325. The largest absolute Gasteiger partial charge is 0.353 e. The van der Waals surface area contributed by atoms with Gasteiger partial charge in [-0.1, -0.05) is 12.8 Å². The molecule has 6 nitrogen and oxygen atoms in total. The maximum absolute atomic E-state index is 5.42. The van der Waals surface area contributed by atoms with Crippen molar-refractivity contribution in [3.8, 4) is 0 Å². The number of nitrogens with zero attached hydrogens (tertiary/aromatic N) is 2. The average molecular weight is 222 g/mol. The molecule has 1 aromatic rings. The fourth-order valence-electron chi connectivity index (χ4n) is 1.93. The second-order valence-electron chi connectivity index (χ2n) is 3.97. The lowest BCUT2D eigenvalue weighted by atomic mass is 10.2. The smallest absolute Gasteiger partial charge is 0.206 e. The number of aromatic amines is 1. The zero-order valence-electron chi connectivity index (χ0n) is 9.24. The SMILES string of the molecule is NNC(=NCc1ncc[nH]1)NC1CCCC1. The van der Waals surface area contributed by atoms with Gasteiger partial charge in [-0.25, -0.2) is 15.8 Å². The van der Waals surface area contributed by atoms with Crippen molar-refractivity contribution in [2.24, 2.45) is 10.8 Å². The summed E-state index contributed by atoms with van der Waals surface area (Å²) in [6, 6.07) is 0.506. The van der Waals surface area contributed by atoms with E-state index in [4.69, 9.17) is 5.84 Å².